The van der Waals surface area contributed by atoms with Gasteiger partial charge in [0.1, 0.15) is 11.8 Å². The molecule has 1 aliphatic heterocycles. The van der Waals surface area contributed by atoms with E-state index in [1.54, 1.807) is 4.90 Å². The number of fused-ring (bicyclic) bond motifs is 1. The lowest BCUT2D eigenvalue weighted by Gasteiger charge is -2.20. The first-order valence-corrected chi connectivity index (χ1v) is 11.7. The van der Waals surface area contributed by atoms with Crippen molar-refractivity contribution in [2.24, 2.45) is 0 Å². The molecule has 2 aromatic rings. The van der Waals surface area contributed by atoms with Gasteiger partial charge in [-0.15, -0.1) is 0 Å². The molecule has 1 aliphatic rings. The third kappa shape index (κ3) is 5.70. The van der Waals surface area contributed by atoms with Gasteiger partial charge in [0, 0.05) is 24.7 Å². The van der Waals surface area contributed by atoms with Crippen LogP contribution in [0.4, 0.5) is 5.69 Å². The number of nitrogens with one attached hydrogen (secondary N) is 1. The zero-order chi connectivity index (χ0) is 23.3. The molecule has 0 saturated carbocycles. The Balaban J connectivity index is 1.64. The molecule has 5 heteroatoms. The first-order valence-electron chi connectivity index (χ1n) is 11.7. The Morgan fingerprint density at radius 3 is 2.44 bits per heavy atom. The summed E-state index contributed by atoms with van der Waals surface area (Å²) in [5, 5.41) is 2.83. The molecule has 0 fully saturated rings. The van der Waals surface area contributed by atoms with Crippen LogP contribution >= 0.6 is 0 Å². The van der Waals surface area contributed by atoms with Crippen molar-refractivity contribution in [3.8, 4) is 5.75 Å². The maximum absolute atomic E-state index is 13.1. The number of benzene rings is 2. The second-order valence-electron chi connectivity index (χ2n) is 9.60. The van der Waals surface area contributed by atoms with Gasteiger partial charge >= 0.3 is 0 Å². The van der Waals surface area contributed by atoms with Crippen LogP contribution < -0.4 is 15.0 Å². The molecular weight excluding hydrogens is 400 g/mol. The van der Waals surface area contributed by atoms with Gasteiger partial charge in [0.2, 0.25) is 5.91 Å². The number of hydrogen-bond donors (Lipinski definition) is 1. The fourth-order valence-electron chi connectivity index (χ4n) is 4.06. The van der Waals surface area contributed by atoms with Crippen LogP contribution in [0.15, 0.2) is 42.5 Å². The molecule has 1 unspecified atom stereocenters. The lowest BCUT2D eigenvalue weighted by molar-refractivity contribution is -0.126. The fraction of sp³-hybridized carbons (Fsp3) is 0.481. The van der Waals surface area contributed by atoms with Gasteiger partial charge in [-0.2, -0.15) is 0 Å². The summed E-state index contributed by atoms with van der Waals surface area (Å²) in [5.41, 5.74) is 4.38. The number of aryl methyl sites for hydroxylation is 1. The zero-order valence-corrected chi connectivity index (χ0v) is 20.0. The molecule has 0 bridgehead atoms. The van der Waals surface area contributed by atoms with Crippen molar-refractivity contribution < 1.29 is 14.3 Å². The molecule has 172 valence electrons. The van der Waals surface area contributed by atoms with Crippen LogP contribution in [0.5, 0.6) is 5.75 Å². The van der Waals surface area contributed by atoms with E-state index in [9.17, 15) is 9.59 Å². The Kier molecular flexibility index (Phi) is 7.60. The molecule has 1 atom stereocenters. The minimum absolute atomic E-state index is 0.0719. The Hall–Kier alpha value is -2.82. The number of carbonyl (C=O) groups is 2. The summed E-state index contributed by atoms with van der Waals surface area (Å²) >= 11 is 0. The summed E-state index contributed by atoms with van der Waals surface area (Å²) in [7, 11) is 0. The van der Waals surface area contributed by atoms with Crippen LogP contribution in [0.25, 0.3) is 0 Å². The SMILES string of the molecule is CCCCc1ccc2c(c1)C(NC(C)=O)C(=O)N2CCCOc1ccc(C(C)(C)C)cc1. The Morgan fingerprint density at radius 1 is 1.09 bits per heavy atom. The highest BCUT2D eigenvalue weighted by atomic mass is 16.5. The van der Waals surface area contributed by atoms with Gasteiger partial charge < -0.3 is 15.0 Å². The first-order chi connectivity index (χ1) is 15.2. The van der Waals surface area contributed by atoms with Crippen LogP contribution in [0, 0.1) is 0 Å². The third-order valence-corrected chi connectivity index (χ3v) is 5.89. The largest absolute Gasteiger partial charge is 0.494 e. The normalized spacial score (nSPS) is 15.6. The van der Waals surface area contributed by atoms with E-state index in [4.69, 9.17) is 4.74 Å². The second kappa shape index (κ2) is 10.2. The molecule has 3 rings (SSSR count). The molecule has 0 spiro atoms. The van der Waals surface area contributed by atoms with Crippen molar-refractivity contribution in [2.75, 3.05) is 18.1 Å². The van der Waals surface area contributed by atoms with Gasteiger partial charge in [-0.05, 0) is 54.0 Å². The maximum atomic E-state index is 13.1. The molecule has 0 aliphatic carbocycles. The molecule has 2 aromatic carbocycles. The summed E-state index contributed by atoms with van der Waals surface area (Å²) in [6.45, 7) is 11.3. The van der Waals surface area contributed by atoms with Crippen molar-refractivity contribution >= 4 is 17.5 Å². The van der Waals surface area contributed by atoms with E-state index in [0.717, 1.165) is 36.3 Å². The quantitative estimate of drug-likeness (QED) is 0.541. The lowest BCUT2D eigenvalue weighted by atomic mass is 9.87. The third-order valence-electron chi connectivity index (χ3n) is 5.89. The van der Waals surface area contributed by atoms with E-state index in [2.05, 4.69) is 57.3 Å². The van der Waals surface area contributed by atoms with Gasteiger partial charge in [0.25, 0.3) is 5.91 Å². The number of amides is 2. The Bertz CT molecular complexity index is 944. The standard InChI is InChI=1S/C27H36N2O3/c1-6-7-9-20-10-15-24-23(18-20)25(28-19(2)30)26(31)29(24)16-8-17-32-22-13-11-21(12-14-22)27(3,4)5/h10-15,18,25H,6-9,16-17H2,1-5H3,(H,28,30). The van der Waals surface area contributed by atoms with Crippen molar-refractivity contribution in [3.63, 3.8) is 0 Å². The van der Waals surface area contributed by atoms with Gasteiger partial charge in [0.05, 0.1) is 6.61 Å². The highest BCUT2D eigenvalue weighted by Crippen LogP contribution is 2.37. The number of carbonyl (C=O) groups excluding carboxylic acids is 2. The fourth-order valence-corrected chi connectivity index (χ4v) is 4.06. The van der Waals surface area contributed by atoms with E-state index >= 15 is 0 Å². The molecule has 0 saturated heterocycles. The minimum atomic E-state index is -0.602. The first kappa shape index (κ1) is 23.8. The van der Waals surface area contributed by atoms with Crippen molar-refractivity contribution in [1.82, 2.24) is 5.32 Å². The molecule has 5 nitrogen and oxygen atoms in total. The molecule has 1 N–H and O–H groups in total. The van der Waals surface area contributed by atoms with Gasteiger partial charge in [0.15, 0.2) is 0 Å². The van der Waals surface area contributed by atoms with Crippen LogP contribution in [-0.4, -0.2) is 25.0 Å². The summed E-state index contributed by atoms with van der Waals surface area (Å²) in [5.74, 6) is 0.567. The Labute approximate surface area is 192 Å². The van der Waals surface area contributed by atoms with Crippen LogP contribution in [-0.2, 0) is 21.4 Å². The molecule has 0 radical (unpaired) electrons. The summed E-state index contributed by atoms with van der Waals surface area (Å²) in [6.07, 6.45) is 3.91. The van der Waals surface area contributed by atoms with E-state index in [-0.39, 0.29) is 17.2 Å². The number of nitrogens with zero attached hydrogens (tertiary/aromatic N) is 1. The maximum Gasteiger partial charge on any atom is 0.254 e. The molecular formula is C27H36N2O3. The highest BCUT2D eigenvalue weighted by molar-refractivity contribution is 6.06. The summed E-state index contributed by atoms with van der Waals surface area (Å²) < 4.78 is 5.90. The van der Waals surface area contributed by atoms with Crippen LogP contribution in [0.1, 0.15) is 76.6 Å². The molecule has 0 aromatic heterocycles. The predicted molar refractivity (Wildman–Crippen MR) is 129 cm³/mol. The van der Waals surface area contributed by atoms with Gasteiger partial charge in [-0.25, -0.2) is 0 Å². The highest BCUT2D eigenvalue weighted by Gasteiger charge is 2.37. The van der Waals surface area contributed by atoms with Crippen molar-refractivity contribution in [2.45, 2.75) is 71.8 Å². The van der Waals surface area contributed by atoms with Gasteiger partial charge in [-0.3, -0.25) is 9.59 Å². The lowest BCUT2D eigenvalue weighted by Crippen LogP contribution is -2.37. The summed E-state index contributed by atoms with van der Waals surface area (Å²) in [6, 6.07) is 13.8. The number of unbranched alkanes of at least 4 members (excludes halogenated alkanes) is 1. The smallest absolute Gasteiger partial charge is 0.254 e. The van der Waals surface area contributed by atoms with E-state index in [1.165, 1.54) is 18.1 Å². The number of hydrogen-bond acceptors (Lipinski definition) is 3. The summed E-state index contributed by atoms with van der Waals surface area (Å²) in [4.78, 5) is 26.6. The number of rotatable bonds is 9. The van der Waals surface area contributed by atoms with E-state index in [0.29, 0.717) is 19.6 Å². The topological polar surface area (TPSA) is 58.6 Å². The Morgan fingerprint density at radius 2 is 1.81 bits per heavy atom. The monoisotopic (exact) mass is 436 g/mol. The van der Waals surface area contributed by atoms with Crippen molar-refractivity contribution in [3.05, 3.63) is 59.2 Å². The average molecular weight is 437 g/mol. The van der Waals surface area contributed by atoms with Crippen molar-refractivity contribution in [1.29, 1.82) is 0 Å². The van der Waals surface area contributed by atoms with E-state index < -0.39 is 6.04 Å². The second-order valence-corrected chi connectivity index (χ2v) is 9.60. The molecule has 1 heterocycles. The molecule has 32 heavy (non-hydrogen) atoms. The van der Waals surface area contributed by atoms with Crippen LogP contribution in [0.2, 0.25) is 0 Å². The van der Waals surface area contributed by atoms with E-state index in [1.807, 2.05) is 18.2 Å². The predicted octanol–water partition coefficient (Wildman–Crippen LogP) is 5.32. The minimum Gasteiger partial charge on any atom is -0.494 e. The number of ether oxygens (including phenoxy) is 1. The number of anilines is 1. The molecule has 2 amide bonds. The zero-order valence-electron chi connectivity index (χ0n) is 20.0. The van der Waals surface area contributed by atoms with Gasteiger partial charge in [-0.1, -0.05) is 58.4 Å². The average Bonchev–Trinajstić information content (AvgIpc) is 2.99. The van der Waals surface area contributed by atoms with Crippen LogP contribution in [0.3, 0.4) is 0 Å².